The maximum absolute atomic E-state index is 2.51. The summed E-state index contributed by atoms with van der Waals surface area (Å²) < 4.78 is 0. The molecule has 0 bridgehead atoms. The first-order valence-corrected chi connectivity index (χ1v) is 9.52. The van der Waals surface area contributed by atoms with E-state index in [2.05, 4.69) is 71.9 Å². The third-order valence-corrected chi connectivity index (χ3v) is 7.49. The fourth-order valence-corrected chi connectivity index (χ4v) is 6.02. The molecule has 2 atom stereocenters. The molecule has 0 saturated heterocycles. The Labute approximate surface area is 150 Å². The minimum absolute atomic E-state index is 0.217. The first kappa shape index (κ1) is 15.2. The molecule has 2 unspecified atom stereocenters. The molecule has 0 saturated carbocycles. The van der Waals surface area contributed by atoms with Crippen molar-refractivity contribution in [3.63, 3.8) is 0 Å². The lowest BCUT2D eigenvalue weighted by Gasteiger charge is -2.42. The molecule has 0 nitrogen and oxygen atoms in total. The van der Waals surface area contributed by atoms with Gasteiger partial charge in [0.1, 0.15) is 0 Å². The van der Waals surface area contributed by atoms with Crippen LogP contribution < -0.4 is 10.4 Å². The van der Waals surface area contributed by atoms with Gasteiger partial charge in [0.25, 0.3) is 0 Å². The summed E-state index contributed by atoms with van der Waals surface area (Å²) in [6, 6.07) is 0. The summed E-state index contributed by atoms with van der Waals surface area (Å²) in [5.74, 6) is 0.565. The first-order valence-electron chi connectivity index (χ1n) is 9.52. The van der Waals surface area contributed by atoms with Crippen molar-refractivity contribution in [1.29, 1.82) is 0 Å². The van der Waals surface area contributed by atoms with Crippen molar-refractivity contribution in [3.05, 3.63) is 73.2 Å². The molecule has 4 aliphatic carbocycles. The van der Waals surface area contributed by atoms with Crippen molar-refractivity contribution < 1.29 is 0 Å². The van der Waals surface area contributed by atoms with E-state index in [-0.39, 0.29) is 5.41 Å². The topological polar surface area (TPSA) is 0 Å². The lowest BCUT2D eigenvalue weighted by atomic mass is 9.61. The Balaban J connectivity index is 2.00. The third kappa shape index (κ3) is 1.59. The molecule has 5 rings (SSSR count). The van der Waals surface area contributed by atoms with Crippen molar-refractivity contribution in [2.45, 2.75) is 48.0 Å². The Morgan fingerprint density at radius 1 is 1.00 bits per heavy atom. The van der Waals surface area contributed by atoms with Crippen molar-refractivity contribution in [3.8, 4) is 0 Å². The highest BCUT2D eigenvalue weighted by Crippen LogP contribution is 2.57. The molecule has 0 heteroatoms. The molecule has 1 aromatic rings. The van der Waals surface area contributed by atoms with Crippen LogP contribution in [-0.4, -0.2) is 0 Å². The van der Waals surface area contributed by atoms with Gasteiger partial charge in [0.2, 0.25) is 0 Å². The smallest absolute Gasteiger partial charge is 0.00405 e. The van der Waals surface area contributed by atoms with Gasteiger partial charge in [-0.15, -0.1) is 0 Å². The second-order valence-corrected chi connectivity index (χ2v) is 8.62. The highest BCUT2D eigenvalue weighted by atomic mass is 14.5. The summed E-state index contributed by atoms with van der Waals surface area (Å²) >= 11 is 0. The Bertz CT molecular complexity index is 1110. The van der Waals surface area contributed by atoms with Gasteiger partial charge in [0.15, 0.2) is 0 Å². The van der Waals surface area contributed by atoms with Crippen LogP contribution in [0.1, 0.15) is 49.9 Å². The highest BCUT2D eigenvalue weighted by molar-refractivity contribution is 5.84. The van der Waals surface area contributed by atoms with E-state index < -0.39 is 0 Å². The summed E-state index contributed by atoms with van der Waals surface area (Å²) in [5.41, 5.74) is 13.9. The zero-order valence-electron chi connectivity index (χ0n) is 16.2. The van der Waals surface area contributed by atoms with E-state index in [0.717, 1.165) is 0 Å². The van der Waals surface area contributed by atoms with Crippen LogP contribution in [0.5, 0.6) is 0 Å². The zero-order valence-corrected chi connectivity index (χ0v) is 16.2. The minimum Gasteiger partial charge on any atom is -0.0610 e. The largest absolute Gasteiger partial charge is 0.0610 e. The van der Waals surface area contributed by atoms with Crippen LogP contribution >= 0.6 is 0 Å². The van der Waals surface area contributed by atoms with Crippen molar-refractivity contribution in [2.24, 2.45) is 11.3 Å². The average molecular weight is 326 g/mol. The number of fused-ring (bicyclic) bond motifs is 4. The van der Waals surface area contributed by atoms with Crippen LogP contribution in [0.25, 0.3) is 17.7 Å². The fraction of sp³-hybridized carbons (Fsp3) is 0.360. The van der Waals surface area contributed by atoms with Gasteiger partial charge in [-0.2, -0.15) is 0 Å². The van der Waals surface area contributed by atoms with Crippen molar-refractivity contribution in [2.75, 3.05) is 0 Å². The summed E-state index contributed by atoms with van der Waals surface area (Å²) in [6.45, 7) is 14.3. The Hall–Kier alpha value is -2.08. The van der Waals surface area contributed by atoms with Crippen LogP contribution in [0, 0.1) is 25.2 Å². The molecule has 0 aliphatic heterocycles. The molecule has 0 heterocycles. The fourth-order valence-electron chi connectivity index (χ4n) is 6.02. The summed E-state index contributed by atoms with van der Waals surface area (Å²) in [5, 5.41) is 3.02. The van der Waals surface area contributed by atoms with Crippen molar-refractivity contribution in [1.82, 2.24) is 0 Å². The number of hydrogen-bond donors (Lipinski definition) is 0. The molecule has 0 N–H and O–H groups in total. The monoisotopic (exact) mass is 326 g/mol. The molecule has 126 valence electrons. The Morgan fingerprint density at radius 3 is 2.52 bits per heavy atom. The summed E-state index contributed by atoms with van der Waals surface area (Å²) in [6.07, 6.45) is 12.7. The maximum Gasteiger partial charge on any atom is 0.00405 e. The molecular formula is C25H26. The van der Waals surface area contributed by atoms with Gasteiger partial charge in [-0.05, 0) is 101 Å². The van der Waals surface area contributed by atoms with Gasteiger partial charge in [-0.1, -0.05) is 44.2 Å². The van der Waals surface area contributed by atoms with Crippen LogP contribution in [0.3, 0.4) is 0 Å². The minimum atomic E-state index is 0.217. The Morgan fingerprint density at radius 2 is 1.76 bits per heavy atom. The predicted octanol–water partition coefficient (Wildman–Crippen LogP) is 4.68. The molecule has 0 aromatic heterocycles. The van der Waals surface area contributed by atoms with E-state index in [0.29, 0.717) is 5.92 Å². The lowest BCUT2D eigenvalue weighted by molar-refractivity contribution is 0.333. The standard InChI is InChI=1S/C25H26/c1-13-10-11-20-17(5)25(6)12-21-14(2)18-8-7-9-19(18)15(3)23(21)24(25)16(4)22(13)20/h7-11,17H,12H2,1-6H3. The molecular weight excluding hydrogens is 300 g/mol. The van der Waals surface area contributed by atoms with Crippen LogP contribution in [0.2, 0.25) is 0 Å². The number of rotatable bonds is 0. The van der Waals surface area contributed by atoms with E-state index in [9.17, 15) is 0 Å². The lowest BCUT2D eigenvalue weighted by Crippen LogP contribution is -2.33. The summed E-state index contributed by atoms with van der Waals surface area (Å²) in [4.78, 5) is 0. The van der Waals surface area contributed by atoms with Gasteiger partial charge in [0, 0.05) is 5.41 Å². The van der Waals surface area contributed by atoms with E-state index in [1.807, 2.05) is 0 Å². The van der Waals surface area contributed by atoms with Gasteiger partial charge >= 0.3 is 0 Å². The zero-order chi connectivity index (χ0) is 17.7. The summed E-state index contributed by atoms with van der Waals surface area (Å²) in [7, 11) is 0. The van der Waals surface area contributed by atoms with Crippen molar-refractivity contribution >= 4 is 17.7 Å². The molecule has 0 radical (unpaired) electrons. The van der Waals surface area contributed by atoms with Gasteiger partial charge < -0.3 is 0 Å². The average Bonchev–Trinajstić information content (AvgIpc) is 3.26. The number of allylic oxidation sites excluding steroid dienone is 7. The predicted molar refractivity (Wildman–Crippen MR) is 108 cm³/mol. The van der Waals surface area contributed by atoms with Crippen LogP contribution in [-0.2, 0) is 6.42 Å². The van der Waals surface area contributed by atoms with E-state index >= 15 is 0 Å². The molecule has 4 aliphatic rings. The first-order chi connectivity index (χ1) is 11.9. The quantitative estimate of drug-likeness (QED) is 0.649. The molecule has 0 spiro atoms. The third-order valence-electron chi connectivity index (χ3n) is 7.49. The second kappa shape index (κ2) is 4.55. The number of hydrogen-bond acceptors (Lipinski definition) is 0. The van der Waals surface area contributed by atoms with Gasteiger partial charge in [-0.3, -0.25) is 0 Å². The van der Waals surface area contributed by atoms with E-state index in [1.54, 1.807) is 21.9 Å². The van der Waals surface area contributed by atoms with E-state index in [4.69, 9.17) is 0 Å². The van der Waals surface area contributed by atoms with E-state index in [1.165, 1.54) is 45.0 Å². The van der Waals surface area contributed by atoms with Gasteiger partial charge in [0.05, 0.1) is 0 Å². The molecule has 0 fully saturated rings. The number of benzene rings is 1. The molecule has 0 amide bonds. The normalized spacial score (nSPS) is 28.4. The second-order valence-electron chi connectivity index (χ2n) is 8.62. The molecule has 25 heavy (non-hydrogen) atoms. The Kier molecular flexibility index (Phi) is 2.77. The van der Waals surface area contributed by atoms with Crippen LogP contribution in [0.4, 0.5) is 0 Å². The highest BCUT2D eigenvalue weighted by Gasteiger charge is 2.48. The maximum atomic E-state index is 2.51. The molecule has 1 aromatic carbocycles. The van der Waals surface area contributed by atoms with Gasteiger partial charge in [-0.25, -0.2) is 0 Å². The SMILES string of the molecule is CC1=CC=C2C1=C(C)C1=c3c(C)c4c(c(C)c3CC1(C)C2C)=CC=C4. The van der Waals surface area contributed by atoms with Crippen LogP contribution in [0.15, 0.2) is 40.5 Å².